The van der Waals surface area contributed by atoms with Crippen LogP contribution in [0.2, 0.25) is 0 Å². The Morgan fingerprint density at radius 2 is 1.39 bits per heavy atom. The first kappa shape index (κ1) is 20.3. The van der Waals surface area contributed by atoms with E-state index in [-0.39, 0.29) is 11.1 Å². The molecule has 1 atom stereocenters. The van der Waals surface area contributed by atoms with E-state index in [4.69, 9.17) is 5.73 Å². The molecule has 0 saturated carbocycles. The first-order valence-electron chi connectivity index (χ1n) is 6.14. The van der Waals surface area contributed by atoms with Gasteiger partial charge in [0.25, 0.3) is 0 Å². The molecule has 0 aliphatic carbocycles. The highest BCUT2D eigenvalue weighted by Crippen LogP contribution is 2.10. The lowest BCUT2D eigenvalue weighted by atomic mass is 10.1. The van der Waals surface area contributed by atoms with E-state index in [1.54, 1.807) is 0 Å². The fourth-order valence-corrected chi connectivity index (χ4v) is 0.811. The van der Waals surface area contributed by atoms with Gasteiger partial charge in [-0.1, -0.05) is 13.2 Å². The van der Waals surface area contributed by atoms with Gasteiger partial charge in [-0.25, -0.2) is 38.7 Å². The number of nitrogens with two attached hydrogens (primary N) is 1. The lowest BCUT2D eigenvalue weighted by molar-refractivity contribution is -0.269. The summed E-state index contributed by atoms with van der Waals surface area (Å²) in [6, 6.07) is 0. The molecule has 23 heavy (non-hydrogen) atoms. The van der Waals surface area contributed by atoms with Crippen LogP contribution in [-0.2, 0) is 38.7 Å². The Morgan fingerprint density at radius 3 is 1.83 bits per heavy atom. The van der Waals surface area contributed by atoms with Gasteiger partial charge >= 0.3 is 23.9 Å². The molecule has 128 valence electrons. The quantitative estimate of drug-likeness (QED) is 0.284. The molecule has 10 heteroatoms. The average Bonchev–Trinajstić information content (AvgIpc) is 2.47. The molecular formula is C13H17NO9. The molecule has 10 nitrogen and oxygen atoms in total. The van der Waals surface area contributed by atoms with E-state index in [9.17, 15) is 24.3 Å². The van der Waals surface area contributed by atoms with Gasteiger partial charge in [0.05, 0.1) is 6.42 Å². The molecule has 0 fully saturated rings. The Morgan fingerprint density at radius 1 is 0.957 bits per heavy atom. The summed E-state index contributed by atoms with van der Waals surface area (Å²) < 4.78 is 0. The first-order valence-corrected chi connectivity index (χ1v) is 6.14. The molecule has 0 amide bonds. The van der Waals surface area contributed by atoms with Crippen LogP contribution in [-0.4, -0.2) is 34.7 Å². The van der Waals surface area contributed by atoms with E-state index in [0.717, 1.165) is 0 Å². The maximum Gasteiger partial charge on any atom is 0.401 e. The minimum Gasteiger partial charge on any atom is -0.366 e. The highest BCUT2D eigenvalue weighted by molar-refractivity contribution is 5.88. The molecule has 0 aliphatic rings. The maximum atomic E-state index is 11.4. The third kappa shape index (κ3) is 7.74. The summed E-state index contributed by atoms with van der Waals surface area (Å²) in [6.07, 6.45) is -1.25. The number of aliphatic hydroxyl groups is 1. The van der Waals surface area contributed by atoms with E-state index < -0.39 is 42.4 Å². The van der Waals surface area contributed by atoms with Gasteiger partial charge in [0.1, 0.15) is 0 Å². The standard InChI is InChI=1S/C13H17NO9/c1-7(2)10(16)21-20-9(15)5-6-13(14,19)12(18)23-22-11(17)8(3)4/h19H,1,3,5-6,14H2,2,4H3. The lowest BCUT2D eigenvalue weighted by Crippen LogP contribution is -2.49. The van der Waals surface area contributed by atoms with Crippen LogP contribution in [0.15, 0.2) is 24.3 Å². The summed E-state index contributed by atoms with van der Waals surface area (Å²) in [5.41, 5.74) is 2.52. The van der Waals surface area contributed by atoms with Gasteiger partial charge in [0.2, 0.25) is 5.72 Å². The molecule has 3 N–H and O–H groups in total. The van der Waals surface area contributed by atoms with Gasteiger partial charge in [0.15, 0.2) is 0 Å². The van der Waals surface area contributed by atoms with Crippen molar-refractivity contribution in [1.29, 1.82) is 0 Å². The third-order valence-electron chi connectivity index (χ3n) is 2.16. The Labute approximate surface area is 131 Å². The molecule has 0 bridgehead atoms. The van der Waals surface area contributed by atoms with E-state index in [0.29, 0.717) is 0 Å². The predicted octanol–water partition coefficient (Wildman–Crippen LogP) is -0.431. The van der Waals surface area contributed by atoms with Crippen LogP contribution in [0.5, 0.6) is 0 Å². The minimum atomic E-state index is -2.63. The second-order valence-electron chi connectivity index (χ2n) is 4.55. The molecule has 0 heterocycles. The number of carbonyl (C=O) groups excluding carboxylic acids is 4. The number of hydrogen-bond donors (Lipinski definition) is 2. The van der Waals surface area contributed by atoms with Crippen molar-refractivity contribution in [3.05, 3.63) is 24.3 Å². The zero-order valence-corrected chi connectivity index (χ0v) is 12.6. The van der Waals surface area contributed by atoms with Gasteiger partial charge < -0.3 is 5.11 Å². The van der Waals surface area contributed by atoms with Crippen molar-refractivity contribution >= 4 is 23.9 Å². The smallest absolute Gasteiger partial charge is 0.366 e. The second-order valence-corrected chi connectivity index (χ2v) is 4.55. The Hall–Kier alpha value is -2.72. The van der Waals surface area contributed by atoms with E-state index >= 15 is 0 Å². The van der Waals surface area contributed by atoms with Crippen LogP contribution < -0.4 is 5.73 Å². The van der Waals surface area contributed by atoms with E-state index in [2.05, 4.69) is 32.7 Å². The van der Waals surface area contributed by atoms with Crippen LogP contribution in [0.4, 0.5) is 0 Å². The second kappa shape index (κ2) is 8.66. The number of hydrogen-bond acceptors (Lipinski definition) is 10. The van der Waals surface area contributed by atoms with Crippen LogP contribution in [0.1, 0.15) is 26.7 Å². The van der Waals surface area contributed by atoms with Gasteiger partial charge in [-0.2, -0.15) is 0 Å². The maximum absolute atomic E-state index is 11.4. The molecule has 0 aliphatic heterocycles. The molecule has 1 unspecified atom stereocenters. The van der Waals surface area contributed by atoms with Crippen molar-refractivity contribution in [2.24, 2.45) is 5.73 Å². The van der Waals surface area contributed by atoms with Crippen LogP contribution in [0, 0.1) is 0 Å². The van der Waals surface area contributed by atoms with Crippen molar-refractivity contribution in [3.63, 3.8) is 0 Å². The average molecular weight is 331 g/mol. The number of carbonyl (C=O) groups is 4. The highest BCUT2D eigenvalue weighted by atomic mass is 17.2. The molecule has 0 aromatic heterocycles. The van der Waals surface area contributed by atoms with Crippen LogP contribution in [0.3, 0.4) is 0 Å². The normalized spacial score (nSPS) is 12.3. The van der Waals surface area contributed by atoms with Gasteiger partial charge in [0, 0.05) is 17.6 Å². The minimum absolute atomic E-state index is 0.00367. The first-order chi connectivity index (χ1) is 10.5. The summed E-state index contributed by atoms with van der Waals surface area (Å²) in [5.74, 6) is -4.61. The summed E-state index contributed by atoms with van der Waals surface area (Å²) in [7, 11) is 0. The molecule has 0 spiro atoms. The fourth-order valence-electron chi connectivity index (χ4n) is 0.811. The third-order valence-corrected chi connectivity index (χ3v) is 2.16. The Bertz CT molecular complexity index is 536. The van der Waals surface area contributed by atoms with E-state index in [1.807, 2.05) is 0 Å². The molecular weight excluding hydrogens is 314 g/mol. The van der Waals surface area contributed by atoms with Crippen LogP contribution >= 0.6 is 0 Å². The lowest BCUT2D eigenvalue weighted by Gasteiger charge is -2.18. The van der Waals surface area contributed by atoms with Crippen molar-refractivity contribution in [2.45, 2.75) is 32.4 Å². The SMILES string of the molecule is C=C(C)C(=O)OOC(=O)CCC(N)(O)C(=O)OOC(=O)C(=C)C. The van der Waals surface area contributed by atoms with Crippen molar-refractivity contribution in [1.82, 2.24) is 0 Å². The summed E-state index contributed by atoms with van der Waals surface area (Å²) in [6.45, 7) is 9.12. The van der Waals surface area contributed by atoms with Gasteiger partial charge in [-0.15, -0.1) is 0 Å². The Kier molecular flexibility index (Phi) is 7.63. The van der Waals surface area contributed by atoms with Gasteiger partial charge in [-0.05, 0) is 13.8 Å². The zero-order chi connectivity index (χ0) is 18.2. The fraction of sp³-hybridized carbons (Fsp3) is 0.385. The Balaban J connectivity index is 4.30. The highest BCUT2D eigenvalue weighted by Gasteiger charge is 2.36. The summed E-state index contributed by atoms with van der Waals surface area (Å²) in [5, 5.41) is 9.61. The largest absolute Gasteiger partial charge is 0.401 e. The van der Waals surface area contributed by atoms with Crippen molar-refractivity contribution in [3.8, 4) is 0 Å². The van der Waals surface area contributed by atoms with Crippen molar-refractivity contribution in [2.75, 3.05) is 0 Å². The van der Waals surface area contributed by atoms with Crippen LogP contribution in [0.25, 0.3) is 0 Å². The molecule has 0 aromatic carbocycles. The number of rotatable bonds is 6. The summed E-state index contributed by atoms with van der Waals surface area (Å²) in [4.78, 5) is 60.9. The van der Waals surface area contributed by atoms with E-state index in [1.165, 1.54) is 13.8 Å². The van der Waals surface area contributed by atoms with Gasteiger partial charge in [-0.3, -0.25) is 5.73 Å². The van der Waals surface area contributed by atoms with Crippen molar-refractivity contribution < 1.29 is 43.8 Å². The topological polar surface area (TPSA) is 151 Å². The predicted molar refractivity (Wildman–Crippen MR) is 72.4 cm³/mol. The molecule has 0 radical (unpaired) electrons. The molecule has 0 saturated heterocycles. The monoisotopic (exact) mass is 331 g/mol. The molecule has 0 aromatic rings. The summed E-state index contributed by atoms with van der Waals surface area (Å²) >= 11 is 0. The molecule has 0 rings (SSSR count). The zero-order valence-electron chi connectivity index (χ0n) is 12.6.